The lowest BCUT2D eigenvalue weighted by Crippen LogP contribution is -2.11. The van der Waals surface area contributed by atoms with Crippen LogP contribution >= 0.6 is 0 Å². The molecule has 0 bridgehead atoms. The molecule has 0 aliphatic heterocycles. The van der Waals surface area contributed by atoms with Crippen LogP contribution in [0, 0.1) is 0 Å². The minimum absolute atomic E-state index is 0.600. The number of methoxy groups -OCH3 is 1. The molecule has 19 heavy (non-hydrogen) atoms. The predicted octanol–water partition coefficient (Wildman–Crippen LogP) is 2.89. The van der Waals surface area contributed by atoms with Crippen LogP contribution in [0.15, 0.2) is 30.7 Å². The topological polar surface area (TPSA) is 59.9 Å². The molecule has 5 heteroatoms. The van der Waals surface area contributed by atoms with Gasteiger partial charge in [-0.2, -0.15) is 0 Å². The number of nitrogens with one attached hydrogen (secondary N) is 1. The van der Waals surface area contributed by atoms with Crippen molar-refractivity contribution in [3.05, 3.63) is 36.4 Å². The minimum atomic E-state index is 0.600. The lowest BCUT2D eigenvalue weighted by Gasteiger charge is -2.24. The molecule has 3 rings (SSSR count). The minimum Gasteiger partial charge on any atom is -0.481 e. The molecule has 0 aromatic carbocycles. The van der Waals surface area contributed by atoms with Gasteiger partial charge in [-0.15, -0.1) is 0 Å². The molecule has 1 N–H and O–H groups in total. The van der Waals surface area contributed by atoms with Crippen molar-refractivity contribution in [1.29, 1.82) is 0 Å². The van der Waals surface area contributed by atoms with Crippen molar-refractivity contribution in [3.63, 3.8) is 0 Å². The summed E-state index contributed by atoms with van der Waals surface area (Å²) < 4.78 is 5.03. The summed E-state index contributed by atoms with van der Waals surface area (Å²) in [6.45, 7) is 0. The Bertz CT molecular complexity index is 552. The van der Waals surface area contributed by atoms with Crippen molar-refractivity contribution in [2.45, 2.75) is 25.2 Å². The smallest absolute Gasteiger partial charge is 0.213 e. The van der Waals surface area contributed by atoms with Gasteiger partial charge in [0.1, 0.15) is 12.1 Å². The van der Waals surface area contributed by atoms with Gasteiger partial charge in [0.25, 0.3) is 0 Å². The van der Waals surface area contributed by atoms with E-state index in [4.69, 9.17) is 4.74 Å². The first-order valence-electron chi connectivity index (χ1n) is 6.44. The van der Waals surface area contributed by atoms with Crippen LogP contribution in [-0.2, 0) is 0 Å². The van der Waals surface area contributed by atoms with Gasteiger partial charge in [0.05, 0.1) is 19.0 Å². The average molecular weight is 256 g/mol. The average Bonchev–Trinajstić information content (AvgIpc) is 2.38. The highest BCUT2D eigenvalue weighted by molar-refractivity contribution is 5.55. The quantitative estimate of drug-likeness (QED) is 0.911. The zero-order valence-corrected chi connectivity index (χ0v) is 10.8. The Hall–Kier alpha value is -2.17. The third-order valence-electron chi connectivity index (χ3n) is 3.43. The molecule has 1 aliphatic carbocycles. The molecule has 2 aromatic rings. The van der Waals surface area contributed by atoms with Gasteiger partial charge < -0.3 is 10.1 Å². The van der Waals surface area contributed by atoms with Gasteiger partial charge in [0, 0.05) is 23.7 Å². The van der Waals surface area contributed by atoms with E-state index >= 15 is 0 Å². The molecule has 98 valence electrons. The molecule has 5 nitrogen and oxygen atoms in total. The van der Waals surface area contributed by atoms with Crippen LogP contribution in [0.3, 0.4) is 0 Å². The van der Waals surface area contributed by atoms with Crippen LogP contribution in [0.4, 0.5) is 11.5 Å². The largest absolute Gasteiger partial charge is 0.481 e. The Morgan fingerprint density at radius 2 is 2.11 bits per heavy atom. The Morgan fingerprint density at radius 3 is 2.74 bits per heavy atom. The lowest BCUT2D eigenvalue weighted by atomic mass is 9.83. The Labute approximate surface area is 112 Å². The maximum Gasteiger partial charge on any atom is 0.213 e. The third-order valence-corrected chi connectivity index (χ3v) is 3.43. The van der Waals surface area contributed by atoms with Crippen molar-refractivity contribution in [2.75, 3.05) is 12.4 Å². The molecule has 0 unspecified atom stereocenters. The first-order chi connectivity index (χ1) is 9.35. The molecule has 0 saturated heterocycles. The molecule has 2 aromatic heterocycles. The number of hydrogen-bond acceptors (Lipinski definition) is 5. The van der Waals surface area contributed by atoms with Crippen molar-refractivity contribution >= 4 is 11.5 Å². The fraction of sp³-hybridized carbons (Fsp3) is 0.357. The molecule has 0 amide bonds. The second kappa shape index (κ2) is 5.22. The van der Waals surface area contributed by atoms with Gasteiger partial charge >= 0.3 is 0 Å². The summed E-state index contributed by atoms with van der Waals surface area (Å²) in [5.74, 6) is 2.02. The third kappa shape index (κ3) is 2.65. The summed E-state index contributed by atoms with van der Waals surface area (Å²) in [6.07, 6.45) is 7.12. The van der Waals surface area contributed by atoms with Crippen LogP contribution in [-0.4, -0.2) is 22.1 Å². The summed E-state index contributed by atoms with van der Waals surface area (Å²) in [4.78, 5) is 12.7. The molecule has 0 spiro atoms. The zero-order chi connectivity index (χ0) is 13.1. The van der Waals surface area contributed by atoms with E-state index in [2.05, 4.69) is 20.3 Å². The van der Waals surface area contributed by atoms with E-state index in [1.807, 2.05) is 18.2 Å². The number of hydrogen-bond donors (Lipinski definition) is 1. The highest BCUT2D eigenvalue weighted by Crippen LogP contribution is 2.35. The van der Waals surface area contributed by atoms with Crippen molar-refractivity contribution in [2.24, 2.45) is 0 Å². The fourth-order valence-corrected chi connectivity index (χ4v) is 2.09. The van der Waals surface area contributed by atoms with Gasteiger partial charge in [-0.1, -0.05) is 6.42 Å². The monoisotopic (exact) mass is 256 g/mol. The summed E-state index contributed by atoms with van der Waals surface area (Å²) in [6, 6.07) is 5.75. The van der Waals surface area contributed by atoms with Crippen LogP contribution < -0.4 is 10.1 Å². The first-order valence-corrected chi connectivity index (χ1v) is 6.44. The van der Waals surface area contributed by atoms with Crippen LogP contribution in [0.25, 0.3) is 0 Å². The molecular weight excluding hydrogens is 240 g/mol. The molecular formula is C14H16N4O. The first kappa shape index (κ1) is 11.9. The van der Waals surface area contributed by atoms with Crippen molar-refractivity contribution in [3.8, 4) is 5.88 Å². The second-order valence-corrected chi connectivity index (χ2v) is 4.67. The number of pyridine rings is 1. The molecule has 2 heterocycles. The number of anilines is 2. The standard InChI is InChI=1S/C14H16N4O/c1-19-14-6-5-11(8-15-14)18-13-7-12(16-9-17-13)10-3-2-4-10/h5-10H,2-4H2,1H3,(H,16,17,18). The van der Waals surface area contributed by atoms with Gasteiger partial charge in [-0.25, -0.2) is 15.0 Å². The molecule has 0 radical (unpaired) electrons. The van der Waals surface area contributed by atoms with E-state index in [0.717, 1.165) is 17.2 Å². The second-order valence-electron chi connectivity index (χ2n) is 4.67. The van der Waals surface area contributed by atoms with Gasteiger partial charge in [-0.05, 0) is 18.9 Å². The number of rotatable bonds is 4. The molecule has 0 atom stereocenters. The van der Waals surface area contributed by atoms with Crippen molar-refractivity contribution in [1.82, 2.24) is 15.0 Å². The van der Waals surface area contributed by atoms with Crippen molar-refractivity contribution < 1.29 is 4.74 Å². The maximum absolute atomic E-state index is 5.03. The molecule has 1 fully saturated rings. The summed E-state index contributed by atoms with van der Waals surface area (Å²) in [7, 11) is 1.60. The van der Waals surface area contributed by atoms with E-state index in [0.29, 0.717) is 11.8 Å². The van der Waals surface area contributed by atoms with Gasteiger partial charge in [0.15, 0.2) is 0 Å². The molecule has 1 aliphatic rings. The fourth-order valence-electron chi connectivity index (χ4n) is 2.09. The predicted molar refractivity (Wildman–Crippen MR) is 72.7 cm³/mol. The SMILES string of the molecule is COc1ccc(Nc2cc(C3CCC3)ncn2)cn1. The summed E-state index contributed by atoms with van der Waals surface area (Å²) >= 11 is 0. The van der Waals surface area contributed by atoms with Crippen LogP contribution in [0.1, 0.15) is 30.9 Å². The normalized spacial score (nSPS) is 14.8. The van der Waals surface area contributed by atoms with E-state index in [1.165, 1.54) is 19.3 Å². The van der Waals surface area contributed by atoms with Crippen LogP contribution in [0.5, 0.6) is 5.88 Å². The van der Waals surface area contributed by atoms with E-state index in [9.17, 15) is 0 Å². The maximum atomic E-state index is 5.03. The Morgan fingerprint density at radius 1 is 1.21 bits per heavy atom. The Kier molecular flexibility index (Phi) is 3.27. The number of nitrogens with zero attached hydrogens (tertiary/aromatic N) is 3. The van der Waals surface area contributed by atoms with Gasteiger partial charge in [0.2, 0.25) is 5.88 Å². The summed E-state index contributed by atoms with van der Waals surface area (Å²) in [5.41, 5.74) is 2.02. The van der Waals surface area contributed by atoms with Crippen LogP contribution in [0.2, 0.25) is 0 Å². The van der Waals surface area contributed by atoms with E-state index in [1.54, 1.807) is 19.6 Å². The number of ether oxygens (including phenoxy) is 1. The highest BCUT2D eigenvalue weighted by Gasteiger charge is 2.21. The molecule has 1 saturated carbocycles. The lowest BCUT2D eigenvalue weighted by molar-refractivity contribution is 0.398. The van der Waals surface area contributed by atoms with Gasteiger partial charge in [-0.3, -0.25) is 0 Å². The number of aromatic nitrogens is 3. The van der Waals surface area contributed by atoms with E-state index < -0.39 is 0 Å². The van der Waals surface area contributed by atoms with E-state index in [-0.39, 0.29) is 0 Å². The Balaban J connectivity index is 1.74. The summed E-state index contributed by atoms with van der Waals surface area (Å²) in [5, 5.41) is 3.23. The zero-order valence-electron chi connectivity index (χ0n) is 10.8. The highest BCUT2D eigenvalue weighted by atomic mass is 16.5.